The molecule has 0 unspecified atom stereocenters. The average molecular weight is 284 g/mol. The fourth-order valence-electron chi connectivity index (χ4n) is 1.13. The van der Waals surface area contributed by atoms with Gasteiger partial charge in [0.2, 0.25) is 10.0 Å². The molecule has 98 valence electrons. The topological polar surface area (TPSA) is 58.2 Å². The van der Waals surface area contributed by atoms with Gasteiger partial charge in [0.15, 0.2) is 0 Å². The van der Waals surface area contributed by atoms with Gasteiger partial charge in [0.1, 0.15) is 4.21 Å². The number of likely N-dealkylation sites (N-methyl/N-ethyl adjacent to an activating group) is 1. The molecule has 0 aromatic carbocycles. The zero-order chi connectivity index (χ0) is 12.9. The van der Waals surface area contributed by atoms with Crippen molar-refractivity contribution in [2.75, 3.05) is 20.1 Å². The maximum absolute atomic E-state index is 11.9. The van der Waals surface area contributed by atoms with Gasteiger partial charge < -0.3 is 5.32 Å². The van der Waals surface area contributed by atoms with Crippen LogP contribution in [0.15, 0.2) is 16.3 Å². The molecule has 0 amide bonds. The molecule has 0 aliphatic heterocycles. The second-order valence-electron chi connectivity index (χ2n) is 3.32. The summed E-state index contributed by atoms with van der Waals surface area (Å²) < 4.78 is 48.9. The molecule has 1 rings (SSSR count). The van der Waals surface area contributed by atoms with E-state index in [-0.39, 0.29) is 4.21 Å². The van der Waals surface area contributed by atoms with Crippen LogP contribution < -0.4 is 10.0 Å². The second-order valence-corrected chi connectivity index (χ2v) is 6.48. The fraction of sp³-hybridized carbons (Fsp3) is 0.556. The van der Waals surface area contributed by atoms with Gasteiger partial charge in [-0.2, -0.15) is 0 Å². The van der Waals surface area contributed by atoms with Gasteiger partial charge in [0.25, 0.3) is 6.43 Å². The monoisotopic (exact) mass is 284 g/mol. The van der Waals surface area contributed by atoms with Crippen LogP contribution in [0.4, 0.5) is 8.78 Å². The third-order valence-electron chi connectivity index (χ3n) is 1.95. The first-order valence-electron chi connectivity index (χ1n) is 4.97. The van der Waals surface area contributed by atoms with Gasteiger partial charge in [-0.15, -0.1) is 11.3 Å². The minimum Gasteiger partial charge on any atom is -0.319 e. The summed E-state index contributed by atoms with van der Waals surface area (Å²) in [5, 5.41) is 2.95. The molecule has 17 heavy (non-hydrogen) atoms. The Morgan fingerprint density at radius 3 is 2.71 bits per heavy atom. The Bertz CT molecular complexity index is 446. The second kappa shape index (κ2) is 6.39. The molecular weight excluding hydrogens is 270 g/mol. The first kappa shape index (κ1) is 14.5. The molecule has 0 radical (unpaired) electrons. The van der Waals surface area contributed by atoms with E-state index in [1.807, 2.05) is 4.72 Å². The van der Waals surface area contributed by atoms with E-state index in [0.717, 1.165) is 22.8 Å². The summed E-state index contributed by atoms with van der Waals surface area (Å²) in [6.07, 6.45) is -1.97. The Morgan fingerprint density at radius 2 is 2.12 bits per heavy atom. The van der Waals surface area contributed by atoms with Crippen LogP contribution in [0.2, 0.25) is 0 Å². The summed E-state index contributed by atoms with van der Waals surface area (Å²) in [4.78, 5) is 0.900. The van der Waals surface area contributed by atoms with Gasteiger partial charge in [-0.1, -0.05) is 0 Å². The molecule has 0 aliphatic rings. The van der Waals surface area contributed by atoms with Crippen molar-refractivity contribution in [3.63, 3.8) is 0 Å². The molecule has 0 bridgehead atoms. The quantitative estimate of drug-likeness (QED) is 0.787. The number of nitrogens with one attached hydrogen (secondary N) is 2. The maximum atomic E-state index is 11.9. The minimum atomic E-state index is -3.79. The van der Waals surface area contributed by atoms with E-state index in [1.54, 1.807) is 13.1 Å². The number of thiophene rings is 1. The molecule has 1 aromatic heterocycles. The third kappa shape index (κ3) is 4.66. The van der Waals surface area contributed by atoms with Crippen molar-refractivity contribution in [2.45, 2.75) is 17.1 Å². The van der Waals surface area contributed by atoms with Crippen molar-refractivity contribution in [1.82, 2.24) is 10.0 Å². The van der Waals surface area contributed by atoms with Crippen LogP contribution in [0.3, 0.4) is 0 Å². The summed E-state index contributed by atoms with van der Waals surface area (Å²) in [6.45, 7) is -0.115. The lowest BCUT2D eigenvalue weighted by molar-refractivity contribution is 0.153. The SMILES string of the molecule is CNCCc1ccc(S(=O)(=O)NCC(F)F)s1. The van der Waals surface area contributed by atoms with Crippen LogP contribution in [0.25, 0.3) is 0 Å². The van der Waals surface area contributed by atoms with Crippen LogP contribution in [0.1, 0.15) is 4.88 Å². The van der Waals surface area contributed by atoms with E-state index in [4.69, 9.17) is 0 Å². The maximum Gasteiger partial charge on any atom is 0.251 e. The van der Waals surface area contributed by atoms with Crippen molar-refractivity contribution in [3.05, 3.63) is 17.0 Å². The summed E-state index contributed by atoms with van der Waals surface area (Å²) in [6, 6.07) is 3.13. The molecule has 0 fully saturated rings. The van der Waals surface area contributed by atoms with E-state index < -0.39 is 23.0 Å². The predicted octanol–water partition coefficient (Wildman–Crippen LogP) is 1.05. The molecule has 0 saturated carbocycles. The Balaban J connectivity index is 2.68. The summed E-state index contributed by atoms with van der Waals surface area (Å²) in [5.74, 6) is 0. The molecule has 0 spiro atoms. The van der Waals surface area contributed by atoms with Crippen LogP contribution in [0.5, 0.6) is 0 Å². The van der Waals surface area contributed by atoms with Gasteiger partial charge in [0, 0.05) is 4.88 Å². The van der Waals surface area contributed by atoms with E-state index in [2.05, 4.69) is 5.32 Å². The molecule has 0 saturated heterocycles. The Kier molecular flexibility index (Phi) is 5.44. The third-order valence-corrected chi connectivity index (χ3v) is 5.01. The molecular formula is C9H14F2N2O2S2. The van der Waals surface area contributed by atoms with Crippen molar-refractivity contribution in [2.24, 2.45) is 0 Å². The van der Waals surface area contributed by atoms with Gasteiger partial charge in [-0.05, 0) is 32.1 Å². The van der Waals surface area contributed by atoms with E-state index >= 15 is 0 Å². The highest BCUT2D eigenvalue weighted by molar-refractivity contribution is 7.91. The highest BCUT2D eigenvalue weighted by Gasteiger charge is 2.18. The highest BCUT2D eigenvalue weighted by atomic mass is 32.2. The van der Waals surface area contributed by atoms with Gasteiger partial charge in [0.05, 0.1) is 6.54 Å². The number of halogens is 2. The lowest BCUT2D eigenvalue weighted by atomic mass is 10.3. The van der Waals surface area contributed by atoms with E-state index in [1.165, 1.54) is 6.07 Å². The van der Waals surface area contributed by atoms with Crippen molar-refractivity contribution >= 4 is 21.4 Å². The Hall–Kier alpha value is -0.570. The molecule has 1 heterocycles. The largest absolute Gasteiger partial charge is 0.319 e. The summed E-state index contributed by atoms with van der Waals surface area (Å²) in [5.41, 5.74) is 0. The number of sulfonamides is 1. The zero-order valence-electron chi connectivity index (χ0n) is 9.24. The minimum absolute atomic E-state index is 0.0734. The lowest BCUT2D eigenvalue weighted by Crippen LogP contribution is -2.27. The molecule has 1 aromatic rings. The molecule has 8 heteroatoms. The predicted molar refractivity (Wildman–Crippen MR) is 63.1 cm³/mol. The van der Waals surface area contributed by atoms with E-state index in [9.17, 15) is 17.2 Å². The average Bonchev–Trinajstić information content (AvgIpc) is 2.73. The number of hydrogen-bond donors (Lipinski definition) is 2. The Labute approximate surface area is 103 Å². The normalized spacial score (nSPS) is 12.2. The Morgan fingerprint density at radius 1 is 1.41 bits per heavy atom. The smallest absolute Gasteiger partial charge is 0.251 e. The number of rotatable bonds is 7. The van der Waals surface area contributed by atoms with Crippen LogP contribution in [0, 0.1) is 0 Å². The standard InChI is InChI=1S/C9H14F2N2O2S2/c1-12-5-4-7-2-3-9(16-7)17(14,15)13-6-8(10)11/h2-3,8,12-13H,4-6H2,1H3. The lowest BCUT2D eigenvalue weighted by Gasteiger charge is -2.03. The zero-order valence-corrected chi connectivity index (χ0v) is 10.9. The first-order valence-corrected chi connectivity index (χ1v) is 7.27. The van der Waals surface area contributed by atoms with Gasteiger partial charge >= 0.3 is 0 Å². The van der Waals surface area contributed by atoms with Crippen LogP contribution in [-0.4, -0.2) is 35.0 Å². The molecule has 2 N–H and O–H groups in total. The van der Waals surface area contributed by atoms with Crippen molar-refractivity contribution < 1.29 is 17.2 Å². The number of alkyl halides is 2. The van der Waals surface area contributed by atoms with Crippen LogP contribution >= 0.6 is 11.3 Å². The van der Waals surface area contributed by atoms with Crippen molar-refractivity contribution in [1.29, 1.82) is 0 Å². The highest BCUT2D eigenvalue weighted by Crippen LogP contribution is 2.21. The summed E-state index contributed by atoms with van der Waals surface area (Å²) >= 11 is 1.10. The van der Waals surface area contributed by atoms with Crippen LogP contribution in [-0.2, 0) is 16.4 Å². The number of hydrogen-bond acceptors (Lipinski definition) is 4. The van der Waals surface area contributed by atoms with Gasteiger partial charge in [-0.3, -0.25) is 0 Å². The van der Waals surface area contributed by atoms with Crippen molar-refractivity contribution in [3.8, 4) is 0 Å². The molecule has 0 aliphatic carbocycles. The first-order chi connectivity index (χ1) is 7.95. The van der Waals surface area contributed by atoms with E-state index in [0.29, 0.717) is 6.42 Å². The fourth-order valence-corrected chi connectivity index (χ4v) is 3.54. The molecule has 4 nitrogen and oxygen atoms in total. The summed E-state index contributed by atoms with van der Waals surface area (Å²) in [7, 11) is -1.99. The molecule has 0 atom stereocenters. The van der Waals surface area contributed by atoms with Gasteiger partial charge in [-0.25, -0.2) is 21.9 Å².